The Kier molecular flexibility index (Phi) is 6.12. The van der Waals surface area contributed by atoms with Gasteiger partial charge in [0.05, 0.1) is 5.92 Å². The molecule has 5 heteroatoms. The Balaban J connectivity index is 2.52. The van der Waals surface area contributed by atoms with Crippen molar-refractivity contribution in [3.05, 3.63) is 0 Å². The molecule has 2 atom stereocenters. The van der Waals surface area contributed by atoms with Crippen LogP contribution in [0.3, 0.4) is 0 Å². The van der Waals surface area contributed by atoms with Gasteiger partial charge in [-0.15, -0.1) is 0 Å². The zero-order valence-electron chi connectivity index (χ0n) is 12.1. The molecule has 0 heterocycles. The number of halogens is 3. The van der Waals surface area contributed by atoms with E-state index in [1.54, 1.807) is 0 Å². The molecule has 0 aliphatic heterocycles. The van der Waals surface area contributed by atoms with Gasteiger partial charge >= 0.3 is 6.18 Å². The Labute approximate surface area is 114 Å². The molecule has 0 bridgehead atoms. The van der Waals surface area contributed by atoms with Gasteiger partial charge < -0.3 is 0 Å². The molecule has 2 unspecified atom stereocenters. The average Bonchev–Trinajstić information content (AvgIpc) is 2.28. The normalized spacial score (nSPS) is 28.4. The van der Waals surface area contributed by atoms with Crippen molar-refractivity contribution in [2.45, 2.75) is 65.1 Å². The second kappa shape index (κ2) is 6.93. The maximum Gasteiger partial charge on any atom is 0.391 e. The van der Waals surface area contributed by atoms with Crippen LogP contribution in [0.15, 0.2) is 0 Å². The summed E-state index contributed by atoms with van der Waals surface area (Å²) >= 11 is 0. The van der Waals surface area contributed by atoms with Gasteiger partial charge in [0.1, 0.15) is 0 Å². The van der Waals surface area contributed by atoms with Gasteiger partial charge in [-0.25, -0.2) is 0 Å². The van der Waals surface area contributed by atoms with E-state index in [1.165, 1.54) is 0 Å². The van der Waals surface area contributed by atoms with Crippen molar-refractivity contribution in [2.75, 3.05) is 0 Å². The molecular weight excluding hydrogens is 253 g/mol. The Bertz CT molecular complexity index is 258. The van der Waals surface area contributed by atoms with Crippen LogP contribution >= 0.6 is 0 Å². The molecule has 0 saturated heterocycles. The smallest absolute Gasteiger partial charge is 0.271 e. The Hall–Kier alpha value is -0.290. The first-order chi connectivity index (χ1) is 8.75. The van der Waals surface area contributed by atoms with E-state index < -0.39 is 12.1 Å². The number of nitrogens with one attached hydrogen (secondary N) is 1. The highest BCUT2D eigenvalue weighted by Gasteiger charge is 2.42. The maximum atomic E-state index is 12.6. The van der Waals surface area contributed by atoms with Crippen molar-refractivity contribution >= 4 is 0 Å². The summed E-state index contributed by atoms with van der Waals surface area (Å²) in [5, 5.41) is 0. The van der Waals surface area contributed by atoms with Gasteiger partial charge in [-0.2, -0.15) is 13.2 Å². The van der Waals surface area contributed by atoms with Gasteiger partial charge in [0, 0.05) is 6.04 Å². The third-order valence-electron chi connectivity index (χ3n) is 4.39. The predicted molar refractivity (Wildman–Crippen MR) is 71.2 cm³/mol. The lowest BCUT2D eigenvalue weighted by Gasteiger charge is -2.37. The molecule has 0 aromatic rings. The van der Waals surface area contributed by atoms with Crippen molar-refractivity contribution in [1.29, 1.82) is 0 Å². The number of nitrogens with two attached hydrogens (primary N) is 1. The zero-order valence-corrected chi connectivity index (χ0v) is 12.1. The molecule has 114 valence electrons. The van der Waals surface area contributed by atoms with Crippen LogP contribution < -0.4 is 11.3 Å². The number of hydrogen-bond acceptors (Lipinski definition) is 2. The summed E-state index contributed by atoms with van der Waals surface area (Å²) in [6.45, 7) is 6.45. The highest BCUT2D eigenvalue weighted by molar-refractivity contribution is 4.86. The third kappa shape index (κ3) is 4.95. The van der Waals surface area contributed by atoms with Crippen LogP contribution in [0.1, 0.15) is 52.9 Å². The van der Waals surface area contributed by atoms with Gasteiger partial charge in [0.15, 0.2) is 0 Å². The molecule has 1 aliphatic rings. The molecule has 0 amide bonds. The molecule has 0 spiro atoms. The number of hydrazine groups is 1. The summed E-state index contributed by atoms with van der Waals surface area (Å²) in [5.74, 6) is 5.78. The van der Waals surface area contributed by atoms with Crippen molar-refractivity contribution in [2.24, 2.45) is 29.5 Å². The van der Waals surface area contributed by atoms with Crippen LogP contribution in [0.4, 0.5) is 13.2 Å². The molecule has 3 N–H and O–H groups in total. The van der Waals surface area contributed by atoms with Gasteiger partial charge in [0.2, 0.25) is 0 Å². The van der Waals surface area contributed by atoms with Gasteiger partial charge in [-0.1, -0.05) is 20.8 Å². The third-order valence-corrected chi connectivity index (χ3v) is 4.39. The molecule has 0 aromatic heterocycles. The molecule has 0 aromatic carbocycles. The lowest BCUT2D eigenvalue weighted by Crippen LogP contribution is -2.47. The molecule has 1 rings (SSSR count). The van der Waals surface area contributed by atoms with Gasteiger partial charge in [-0.05, 0) is 49.9 Å². The minimum Gasteiger partial charge on any atom is -0.271 e. The summed E-state index contributed by atoms with van der Waals surface area (Å²) in [6, 6.07) is 0.136. The summed E-state index contributed by atoms with van der Waals surface area (Å²) < 4.78 is 37.9. The van der Waals surface area contributed by atoms with E-state index >= 15 is 0 Å². The predicted octanol–water partition coefficient (Wildman–Crippen LogP) is 3.87. The lowest BCUT2D eigenvalue weighted by molar-refractivity contribution is -0.184. The quantitative estimate of drug-likeness (QED) is 0.592. The summed E-state index contributed by atoms with van der Waals surface area (Å²) in [6.07, 6.45) is -1.22. The molecule has 1 aliphatic carbocycles. The zero-order chi connectivity index (χ0) is 14.6. The number of hydrogen-bond donors (Lipinski definition) is 2. The topological polar surface area (TPSA) is 38.0 Å². The van der Waals surface area contributed by atoms with Crippen molar-refractivity contribution in [3.8, 4) is 0 Å². The van der Waals surface area contributed by atoms with E-state index in [2.05, 4.69) is 26.2 Å². The Morgan fingerprint density at radius 3 is 2.00 bits per heavy atom. The molecule has 2 nitrogen and oxygen atoms in total. The number of alkyl halides is 3. The summed E-state index contributed by atoms with van der Waals surface area (Å²) in [4.78, 5) is 0. The van der Waals surface area contributed by atoms with Crippen LogP contribution in [0.2, 0.25) is 0 Å². The minimum atomic E-state index is -4.03. The second-order valence-electron chi connectivity index (χ2n) is 6.45. The van der Waals surface area contributed by atoms with E-state index in [-0.39, 0.29) is 24.8 Å². The van der Waals surface area contributed by atoms with Gasteiger partial charge in [-0.3, -0.25) is 11.3 Å². The monoisotopic (exact) mass is 280 g/mol. The average molecular weight is 280 g/mol. The fourth-order valence-electron chi connectivity index (χ4n) is 3.46. The second-order valence-corrected chi connectivity index (χ2v) is 6.45. The lowest BCUT2D eigenvalue weighted by atomic mass is 9.74. The van der Waals surface area contributed by atoms with Crippen LogP contribution in [-0.4, -0.2) is 12.2 Å². The Morgan fingerprint density at radius 2 is 1.63 bits per heavy atom. The van der Waals surface area contributed by atoms with Crippen LogP contribution in [0.25, 0.3) is 0 Å². The Morgan fingerprint density at radius 1 is 1.11 bits per heavy atom. The van der Waals surface area contributed by atoms with Crippen LogP contribution in [-0.2, 0) is 0 Å². The highest BCUT2D eigenvalue weighted by atomic mass is 19.4. The first-order valence-electron chi connectivity index (χ1n) is 7.28. The summed E-state index contributed by atoms with van der Waals surface area (Å²) in [5.41, 5.74) is 2.85. The first-order valence-corrected chi connectivity index (χ1v) is 7.28. The fourth-order valence-corrected chi connectivity index (χ4v) is 3.46. The van der Waals surface area contributed by atoms with E-state index in [4.69, 9.17) is 5.84 Å². The van der Waals surface area contributed by atoms with E-state index in [0.717, 1.165) is 6.42 Å². The SMILES string of the molecule is CC(C)CC(C)C(NN)C1CCC(C(F)(F)F)CC1. The molecule has 1 fully saturated rings. The van der Waals surface area contributed by atoms with Crippen LogP contribution in [0.5, 0.6) is 0 Å². The first kappa shape index (κ1) is 16.8. The fraction of sp³-hybridized carbons (Fsp3) is 1.00. The summed E-state index contributed by atoms with van der Waals surface area (Å²) in [7, 11) is 0. The molecular formula is C14H27F3N2. The number of rotatable bonds is 5. The molecule has 19 heavy (non-hydrogen) atoms. The van der Waals surface area contributed by atoms with Gasteiger partial charge in [0.25, 0.3) is 0 Å². The van der Waals surface area contributed by atoms with Crippen molar-refractivity contribution in [1.82, 2.24) is 5.43 Å². The standard InChI is InChI=1S/C14H27F3N2/c1-9(2)8-10(3)13(19-18)11-4-6-12(7-5-11)14(15,16)17/h9-13,19H,4-8,18H2,1-3H3. The highest BCUT2D eigenvalue weighted by Crippen LogP contribution is 2.41. The molecule has 0 radical (unpaired) electrons. The van der Waals surface area contributed by atoms with Crippen LogP contribution in [0, 0.1) is 23.7 Å². The maximum absolute atomic E-state index is 12.6. The van der Waals surface area contributed by atoms with E-state index in [1.807, 2.05) is 0 Å². The van der Waals surface area contributed by atoms with Crippen molar-refractivity contribution < 1.29 is 13.2 Å². The molecule has 1 saturated carbocycles. The van der Waals surface area contributed by atoms with Crippen molar-refractivity contribution in [3.63, 3.8) is 0 Å². The largest absolute Gasteiger partial charge is 0.391 e. The minimum absolute atomic E-state index is 0.136. The van der Waals surface area contributed by atoms with E-state index in [0.29, 0.717) is 24.7 Å². The van der Waals surface area contributed by atoms with E-state index in [9.17, 15) is 13.2 Å².